The van der Waals surface area contributed by atoms with Crippen LogP contribution in [0.15, 0.2) is 112 Å². The molecular formula is C29H23F3N2O7S2. The van der Waals surface area contributed by atoms with E-state index in [-0.39, 0.29) is 35.0 Å². The van der Waals surface area contributed by atoms with Crippen molar-refractivity contribution in [1.29, 1.82) is 0 Å². The Hall–Kier alpha value is -4.40. The van der Waals surface area contributed by atoms with E-state index in [0.717, 1.165) is 22.5 Å². The lowest BCUT2D eigenvalue weighted by atomic mass is 10.2. The van der Waals surface area contributed by atoms with Crippen LogP contribution in [0.1, 0.15) is 16.9 Å². The van der Waals surface area contributed by atoms with E-state index in [9.17, 15) is 30.0 Å². The molecule has 0 radical (unpaired) electrons. The molecule has 2 aromatic heterocycles. The number of sulfonamides is 1. The predicted molar refractivity (Wildman–Crippen MR) is 149 cm³/mol. The molecule has 5 rings (SSSR count). The fourth-order valence-corrected chi connectivity index (χ4v) is 6.85. The highest BCUT2D eigenvalue weighted by Gasteiger charge is 2.33. The Kier molecular flexibility index (Phi) is 8.18. The molecule has 0 spiro atoms. The average molecular weight is 633 g/mol. The van der Waals surface area contributed by atoms with Crippen molar-refractivity contribution in [2.45, 2.75) is 29.1 Å². The van der Waals surface area contributed by atoms with Gasteiger partial charge in [-0.2, -0.15) is 25.9 Å². The van der Waals surface area contributed by atoms with Crippen molar-refractivity contribution in [3.63, 3.8) is 0 Å². The van der Waals surface area contributed by atoms with E-state index in [1.807, 2.05) is 0 Å². The Labute approximate surface area is 245 Å². The highest BCUT2D eigenvalue weighted by Crippen LogP contribution is 2.35. The van der Waals surface area contributed by atoms with E-state index >= 15 is 0 Å². The quantitative estimate of drug-likeness (QED) is 0.172. The first-order chi connectivity index (χ1) is 20.4. The lowest BCUT2D eigenvalue weighted by Crippen LogP contribution is -2.30. The third kappa shape index (κ3) is 6.50. The zero-order valence-corrected chi connectivity index (χ0v) is 24.0. The molecule has 0 N–H and O–H groups in total. The van der Waals surface area contributed by atoms with Crippen LogP contribution in [-0.4, -0.2) is 33.2 Å². The summed E-state index contributed by atoms with van der Waals surface area (Å²) in [5.74, 6) is -0.0496. The monoisotopic (exact) mass is 632 g/mol. The number of ether oxygens (including phenoxy) is 1. The summed E-state index contributed by atoms with van der Waals surface area (Å²) in [4.78, 5) is 3.49. The van der Waals surface area contributed by atoms with Gasteiger partial charge >= 0.3 is 16.3 Å². The third-order valence-electron chi connectivity index (χ3n) is 6.36. The number of alkyl halides is 3. The molecule has 0 aliphatic heterocycles. The van der Waals surface area contributed by atoms with Crippen LogP contribution >= 0.6 is 0 Å². The van der Waals surface area contributed by atoms with E-state index in [0.29, 0.717) is 22.8 Å². The number of nitrogens with zero attached hydrogens (tertiary/aromatic N) is 2. The van der Waals surface area contributed by atoms with Crippen molar-refractivity contribution in [2.24, 2.45) is 0 Å². The van der Waals surface area contributed by atoms with Gasteiger partial charge in [0.15, 0.2) is 11.5 Å². The number of rotatable bonds is 10. The fraction of sp³-hybridized carbons (Fsp3) is 0.138. The summed E-state index contributed by atoms with van der Waals surface area (Å²) in [7, 11) is -7.71. The first kappa shape index (κ1) is 30.1. The standard InChI is InChI=1S/C29H23F3N2O7S2/c1-39-25-13-12-20(16-26(25)41-43(37,38)24-10-3-8-22(17-24)29(30,31)32)18-34(19-23-9-5-15-40-23)42(35,36)27-11-2-6-21-7-4-14-33-28(21)27/h2-17H,18-19H2,1H3. The summed E-state index contributed by atoms with van der Waals surface area (Å²) >= 11 is 0. The number of hydrogen-bond acceptors (Lipinski definition) is 8. The summed E-state index contributed by atoms with van der Waals surface area (Å²) in [6.07, 6.45) is -1.89. The van der Waals surface area contributed by atoms with Gasteiger partial charge in [0.1, 0.15) is 15.6 Å². The largest absolute Gasteiger partial charge is 0.493 e. The molecule has 5 aromatic rings. The van der Waals surface area contributed by atoms with Crippen LogP contribution < -0.4 is 8.92 Å². The maximum Gasteiger partial charge on any atom is 0.416 e. The van der Waals surface area contributed by atoms with E-state index in [4.69, 9.17) is 13.3 Å². The summed E-state index contributed by atoms with van der Waals surface area (Å²) < 4.78 is 111. The highest BCUT2D eigenvalue weighted by atomic mass is 32.2. The number of para-hydroxylation sites is 1. The normalized spacial score (nSPS) is 12.5. The zero-order chi connectivity index (χ0) is 30.8. The minimum atomic E-state index is -4.77. The molecule has 0 saturated carbocycles. The summed E-state index contributed by atoms with van der Waals surface area (Å²) in [6.45, 7) is -0.445. The van der Waals surface area contributed by atoms with Gasteiger partial charge in [0.05, 0.1) is 31.0 Å². The molecule has 0 unspecified atom stereocenters. The molecule has 0 aliphatic rings. The second-order valence-electron chi connectivity index (χ2n) is 9.23. The molecule has 0 fully saturated rings. The second kappa shape index (κ2) is 11.7. The summed E-state index contributed by atoms with van der Waals surface area (Å²) in [6, 6.07) is 18.6. The van der Waals surface area contributed by atoms with E-state index < -0.39 is 36.8 Å². The van der Waals surface area contributed by atoms with Gasteiger partial charge in [0, 0.05) is 18.1 Å². The number of furan rings is 1. The van der Waals surface area contributed by atoms with Crippen LogP contribution in [-0.2, 0) is 39.4 Å². The number of halogens is 3. The van der Waals surface area contributed by atoms with Crippen LogP contribution in [0.3, 0.4) is 0 Å². The van der Waals surface area contributed by atoms with E-state index in [1.165, 1.54) is 43.8 Å². The molecule has 9 nitrogen and oxygen atoms in total. The fourth-order valence-electron chi connectivity index (χ4n) is 4.31. The number of pyridine rings is 1. The smallest absolute Gasteiger partial charge is 0.416 e. The first-order valence-electron chi connectivity index (χ1n) is 12.5. The topological polar surface area (TPSA) is 116 Å². The molecule has 224 valence electrons. The first-order valence-corrected chi connectivity index (χ1v) is 15.4. The van der Waals surface area contributed by atoms with Gasteiger partial charge < -0.3 is 13.3 Å². The minimum absolute atomic E-state index is 0.0435. The Morgan fingerprint density at radius 1 is 0.860 bits per heavy atom. The van der Waals surface area contributed by atoms with Crippen molar-refractivity contribution < 1.29 is 43.3 Å². The molecule has 43 heavy (non-hydrogen) atoms. The molecule has 0 bridgehead atoms. The lowest BCUT2D eigenvalue weighted by Gasteiger charge is -2.22. The Morgan fingerprint density at radius 2 is 1.63 bits per heavy atom. The van der Waals surface area contributed by atoms with Gasteiger partial charge in [-0.15, -0.1) is 0 Å². The van der Waals surface area contributed by atoms with E-state index in [1.54, 1.807) is 36.4 Å². The summed E-state index contributed by atoms with van der Waals surface area (Å²) in [5.41, 5.74) is -0.613. The second-order valence-corrected chi connectivity index (χ2v) is 12.7. The zero-order valence-electron chi connectivity index (χ0n) is 22.4. The molecule has 14 heteroatoms. The number of methoxy groups -OCH3 is 1. The molecular weight excluding hydrogens is 609 g/mol. The molecule has 0 aliphatic carbocycles. The Bertz CT molecular complexity index is 1970. The van der Waals surface area contributed by atoms with Crippen LogP contribution in [0.2, 0.25) is 0 Å². The van der Waals surface area contributed by atoms with Crippen molar-refractivity contribution in [3.8, 4) is 11.5 Å². The minimum Gasteiger partial charge on any atom is -0.493 e. The summed E-state index contributed by atoms with van der Waals surface area (Å²) in [5, 5.41) is 0.612. The van der Waals surface area contributed by atoms with Crippen LogP contribution in [0.5, 0.6) is 11.5 Å². The number of fused-ring (bicyclic) bond motifs is 1. The lowest BCUT2D eigenvalue weighted by molar-refractivity contribution is -0.137. The van der Waals surface area contributed by atoms with Crippen molar-refractivity contribution in [2.75, 3.05) is 7.11 Å². The molecule has 0 atom stereocenters. The van der Waals surface area contributed by atoms with Gasteiger partial charge in [-0.25, -0.2) is 8.42 Å². The molecule has 3 aromatic carbocycles. The third-order valence-corrected chi connectivity index (χ3v) is 9.42. The maximum absolute atomic E-state index is 14.0. The van der Waals surface area contributed by atoms with Gasteiger partial charge in [-0.05, 0) is 60.2 Å². The van der Waals surface area contributed by atoms with Gasteiger partial charge in [-0.1, -0.05) is 30.3 Å². The van der Waals surface area contributed by atoms with Crippen molar-refractivity contribution in [1.82, 2.24) is 9.29 Å². The number of hydrogen-bond donors (Lipinski definition) is 0. The van der Waals surface area contributed by atoms with Gasteiger partial charge in [-0.3, -0.25) is 4.98 Å². The molecule has 2 heterocycles. The van der Waals surface area contributed by atoms with Crippen LogP contribution in [0, 0.1) is 0 Å². The van der Waals surface area contributed by atoms with Gasteiger partial charge in [0.2, 0.25) is 10.0 Å². The number of aromatic nitrogens is 1. The van der Waals surface area contributed by atoms with Crippen molar-refractivity contribution >= 4 is 31.0 Å². The van der Waals surface area contributed by atoms with Gasteiger partial charge in [0.25, 0.3) is 0 Å². The Balaban J connectivity index is 1.52. The van der Waals surface area contributed by atoms with Crippen LogP contribution in [0.25, 0.3) is 10.9 Å². The maximum atomic E-state index is 14.0. The predicted octanol–water partition coefficient (Wildman–Crippen LogP) is 6.01. The molecule has 0 saturated heterocycles. The van der Waals surface area contributed by atoms with E-state index in [2.05, 4.69) is 4.98 Å². The average Bonchev–Trinajstić information content (AvgIpc) is 3.49. The highest BCUT2D eigenvalue weighted by molar-refractivity contribution is 7.89. The Morgan fingerprint density at radius 3 is 2.35 bits per heavy atom. The van der Waals surface area contributed by atoms with Crippen molar-refractivity contribution in [3.05, 3.63) is 114 Å². The SMILES string of the molecule is COc1ccc(CN(Cc2ccco2)S(=O)(=O)c2cccc3cccnc23)cc1OS(=O)(=O)c1cccc(C(F)(F)F)c1. The van der Waals surface area contributed by atoms with Crippen LogP contribution in [0.4, 0.5) is 13.2 Å². The molecule has 0 amide bonds. The number of benzene rings is 3.